The molecule has 20 heavy (non-hydrogen) atoms. The summed E-state index contributed by atoms with van der Waals surface area (Å²) in [5, 5.41) is 0.716. The van der Waals surface area contributed by atoms with Gasteiger partial charge >= 0.3 is 0 Å². The molecule has 0 radical (unpaired) electrons. The Bertz CT molecular complexity index is 580. The first kappa shape index (κ1) is 15.2. The van der Waals surface area contributed by atoms with Crippen molar-refractivity contribution >= 4 is 24.0 Å². The number of benzene rings is 1. The molecule has 0 bridgehead atoms. The number of nitrogens with zero attached hydrogens (tertiary/aromatic N) is 1. The number of ether oxygens (including phenoxy) is 1. The lowest BCUT2D eigenvalue weighted by molar-refractivity contribution is 0.119. The van der Waals surface area contributed by atoms with Gasteiger partial charge in [-0.3, -0.25) is 4.90 Å². The molecule has 0 amide bonds. The summed E-state index contributed by atoms with van der Waals surface area (Å²) in [5.41, 5.74) is 1.16. The van der Waals surface area contributed by atoms with E-state index in [0.717, 1.165) is 35.9 Å². The van der Waals surface area contributed by atoms with E-state index >= 15 is 0 Å². The zero-order valence-electron chi connectivity index (χ0n) is 11.4. The fourth-order valence-electron chi connectivity index (χ4n) is 2.45. The van der Waals surface area contributed by atoms with Crippen molar-refractivity contribution in [2.24, 2.45) is 0 Å². The minimum atomic E-state index is 0. The molecule has 0 saturated heterocycles. The highest BCUT2D eigenvalue weighted by molar-refractivity contribution is 6.30. The summed E-state index contributed by atoms with van der Waals surface area (Å²) in [7, 11) is 2.07. The Kier molecular flexibility index (Phi) is 4.63. The quantitative estimate of drug-likeness (QED) is 0.829. The Hall–Kier alpha value is -1.16. The second-order valence-electron chi connectivity index (χ2n) is 4.99. The molecule has 3 rings (SSSR count). The van der Waals surface area contributed by atoms with Crippen molar-refractivity contribution in [2.75, 3.05) is 13.6 Å². The molecule has 0 aliphatic carbocycles. The number of fused-ring (bicyclic) bond motifs is 1. The first-order valence-corrected chi connectivity index (χ1v) is 6.69. The molecule has 1 aromatic carbocycles. The first-order chi connectivity index (χ1) is 9.11. The molecular weight excluding hydrogens is 297 g/mol. The molecule has 2 aromatic rings. The number of furan rings is 1. The average Bonchev–Trinajstić information content (AvgIpc) is 2.72. The summed E-state index contributed by atoms with van der Waals surface area (Å²) < 4.78 is 11.8. The zero-order chi connectivity index (χ0) is 13.4. The predicted molar refractivity (Wildman–Crippen MR) is 81.8 cm³/mol. The highest BCUT2D eigenvalue weighted by Gasteiger charge is 2.28. The van der Waals surface area contributed by atoms with Gasteiger partial charge in [-0.15, -0.1) is 12.4 Å². The third-order valence-corrected chi connectivity index (χ3v) is 3.55. The standard InChI is InChI=1S/C15H16ClNO2.ClH/c1-10-7-13-14(18-10)8-17(2)9-15(13)19-12-5-3-11(16)4-6-12;/h3-7,15H,8-9H2,1-2H3;1H. The van der Waals surface area contributed by atoms with Gasteiger partial charge in [-0.1, -0.05) is 11.6 Å². The van der Waals surface area contributed by atoms with Crippen LogP contribution in [0.1, 0.15) is 23.2 Å². The summed E-state index contributed by atoms with van der Waals surface area (Å²) in [6, 6.07) is 9.53. The smallest absolute Gasteiger partial charge is 0.140 e. The van der Waals surface area contributed by atoms with Gasteiger partial charge in [0.15, 0.2) is 0 Å². The average molecular weight is 314 g/mol. The SMILES string of the molecule is Cc1cc2c(o1)CN(C)CC2Oc1ccc(Cl)cc1.Cl. The molecule has 1 aromatic heterocycles. The maximum atomic E-state index is 6.06. The third-order valence-electron chi connectivity index (χ3n) is 3.29. The fourth-order valence-corrected chi connectivity index (χ4v) is 2.57. The van der Waals surface area contributed by atoms with Crippen LogP contribution in [0.3, 0.4) is 0 Å². The number of aryl methyl sites for hydroxylation is 1. The van der Waals surface area contributed by atoms with Crippen LogP contribution in [-0.2, 0) is 6.54 Å². The summed E-state index contributed by atoms with van der Waals surface area (Å²) in [6.07, 6.45) is 0.00683. The normalized spacial score (nSPS) is 18.2. The lowest BCUT2D eigenvalue weighted by Crippen LogP contribution is -2.32. The van der Waals surface area contributed by atoms with Gasteiger partial charge in [-0.2, -0.15) is 0 Å². The third kappa shape index (κ3) is 3.11. The fraction of sp³-hybridized carbons (Fsp3) is 0.333. The summed E-state index contributed by atoms with van der Waals surface area (Å²) in [4.78, 5) is 2.20. The minimum absolute atomic E-state index is 0. The van der Waals surface area contributed by atoms with Crippen LogP contribution in [0.15, 0.2) is 34.7 Å². The number of halogens is 2. The van der Waals surface area contributed by atoms with E-state index in [1.165, 1.54) is 0 Å². The van der Waals surface area contributed by atoms with Crippen molar-refractivity contribution in [2.45, 2.75) is 19.6 Å². The Morgan fingerprint density at radius 2 is 2.00 bits per heavy atom. The van der Waals surface area contributed by atoms with E-state index in [1.807, 2.05) is 31.2 Å². The minimum Gasteiger partial charge on any atom is -0.484 e. The second-order valence-corrected chi connectivity index (χ2v) is 5.43. The molecule has 0 saturated carbocycles. The zero-order valence-corrected chi connectivity index (χ0v) is 13.0. The van der Waals surface area contributed by atoms with Crippen LogP contribution in [0.25, 0.3) is 0 Å². The van der Waals surface area contributed by atoms with Crippen molar-refractivity contribution in [3.63, 3.8) is 0 Å². The van der Waals surface area contributed by atoms with Crippen LogP contribution in [0.2, 0.25) is 5.02 Å². The van der Waals surface area contributed by atoms with Gasteiger partial charge in [-0.05, 0) is 44.3 Å². The molecule has 1 unspecified atom stereocenters. The lowest BCUT2D eigenvalue weighted by Gasteiger charge is -2.29. The van der Waals surface area contributed by atoms with Gasteiger partial charge in [0.1, 0.15) is 23.4 Å². The van der Waals surface area contributed by atoms with Crippen molar-refractivity contribution in [1.29, 1.82) is 0 Å². The maximum Gasteiger partial charge on any atom is 0.140 e. The van der Waals surface area contributed by atoms with Crippen LogP contribution in [0, 0.1) is 6.92 Å². The Labute approximate surface area is 129 Å². The summed E-state index contributed by atoms with van der Waals surface area (Å²) in [5.74, 6) is 2.77. The Balaban J connectivity index is 0.00000147. The molecule has 0 N–H and O–H groups in total. The van der Waals surface area contributed by atoms with E-state index in [9.17, 15) is 0 Å². The number of hydrogen-bond donors (Lipinski definition) is 0. The van der Waals surface area contributed by atoms with Crippen LogP contribution < -0.4 is 4.74 Å². The summed E-state index contributed by atoms with van der Waals surface area (Å²) >= 11 is 5.88. The predicted octanol–water partition coefficient (Wildman–Crippen LogP) is 4.23. The maximum absolute atomic E-state index is 6.06. The van der Waals surface area contributed by atoms with Crippen LogP contribution >= 0.6 is 24.0 Å². The van der Waals surface area contributed by atoms with Gasteiger partial charge in [0.25, 0.3) is 0 Å². The molecule has 1 atom stereocenters. The van der Waals surface area contributed by atoms with Crippen molar-refractivity contribution < 1.29 is 9.15 Å². The topological polar surface area (TPSA) is 25.6 Å². The van der Waals surface area contributed by atoms with Gasteiger partial charge < -0.3 is 9.15 Å². The molecule has 0 fully saturated rings. The Morgan fingerprint density at radius 3 is 2.70 bits per heavy atom. The molecule has 2 heterocycles. The molecule has 108 valence electrons. The van der Waals surface area contributed by atoms with E-state index < -0.39 is 0 Å². The van der Waals surface area contributed by atoms with Gasteiger partial charge in [-0.25, -0.2) is 0 Å². The Morgan fingerprint density at radius 1 is 1.30 bits per heavy atom. The van der Waals surface area contributed by atoms with Crippen molar-refractivity contribution in [3.05, 3.63) is 52.4 Å². The molecule has 1 aliphatic heterocycles. The van der Waals surface area contributed by atoms with E-state index in [2.05, 4.69) is 18.0 Å². The highest BCUT2D eigenvalue weighted by atomic mass is 35.5. The van der Waals surface area contributed by atoms with E-state index in [1.54, 1.807) is 0 Å². The van der Waals surface area contributed by atoms with Crippen LogP contribution in [0.4, 0.5) is 0 Å². The largest absolute Gasteiger partial charge is 0.484 e. The number of likely N-dealkylation sites (N-methyl/N-ethyl adjacent to an activating group) is 1. The van der Waals surface area contributed by atoms with E-state index in [-0.39, 0.29) is 18.5 Å². The molecular formula is C15H17Cl2NO2. The van der Waals surface area contributed by atoms with Crippen LogP contribution in [0.5, 0.6) is 5.75 Å². The monoisotopic (exact) mass is 313 g/mol. The van der Waals surface area contributed by atoms with Crippen LogP contribution in [-0.4, -0.2) is 18.5 Å². The van der Waals surface area contributed by atoms with Gasteiger partial charge in [0, 0.05) is 17.1 Å². The van der Waals surface area contributed by atoms with Crippen molar-refractivity contribution in [3.8, 4) is 5.75 Å². The van der Waals surface area contributed by atoms with Gasteiger partial charge in [0.05, 0.1) is 6.54 Å². The van der Waals surface area contributed by atoms with E-state index in [4.69, 9.17) is 20.8 Å². The first-order valence-electron chi connectivity index (χ1n) is 6.32. The molecule has 3 nitrogen and oxygen atoms in total. The van der Waals surface area contributed by atoms with E-state index in [0.29, 0.717) is 5.02 Å². The number of rotatable bonds is 2. The molecule has 1 aliphatic rings. The van der Waals surface area contributed by atoms with Crippen molar-refractivity contribution in [1.82, 2.24) is 4.90 Å². The van der Waals surface area contributed by atoms with Gasteiger partial charge in [0.2, 0.25) is 0 Å². The molecule has 5 heteroatoms. The highest BCUT2D eigenvalue weighted by Crippen LogP contribution is 2.32. The summed E-state index contributed by atoms with van der Waals surface area (Å²) in [6.45, 7) is 3.66. The lowest BCUT2D eigenvalue weighted by atomic mass is 10.1. The number of hydrogen-bond acceptors (Lipinski definition) is 3. The second kappa shape index (κ2) is 6.08. The molecule has 0 spiro atoms.